The van der Waals surface area contributed by atoms with Crippen molar-refractivity contribution < 1.29 is 0 Å². The first-order valence-corrected chi connectivity index (χ1v) is 5.18. The van der Waals surface area contributed by atoms with Gasteiger partial charge >= 0.3 is 0 Å². The molecule has 3 N–H and O–H groups in total. The number of anilines is 2. The Labute approximate surface area is 89.7 Å². The van der Waals surface area contributed by atoms with Crippen molar-refractivity contribution in [3.8, 4) is 0 Å². The number of rotatable bonds is 4. The minimum absolute atomic E-state index is 0.385. The van der Waals surface area contributed by atoms with E-state index >= 15 is 0 Å². The topological polar surface area (TPSA) is 50.9 Å². The Morgan fingerprint density at radius 1 is 1.64 bits per heavy atom. The lowest BCUT2D eigenvalue weighted by Crippen LogP contribution is -2.16. The first-order valence-electron chi connectivity index (χ1n) is 4.81. The van der Waals surface area contributed by atoms with Gasteiger partial charge in [0.2, 0.25) is 0 Å². The summed E-state index contributed by atoms with van der Waals surface area (Å²) in [4.78, 5) is 4.13. The Balaban J connectivity index is 2.67. The minimum atomic E-state index is 0.385. The maximum atomic E-state index is 5.76. The van der Waals surface area contributed by atoms with Crippen LogP contribution in [0.4, 0.5) is 11.5 Å². The van der Waals surface area contributed by atoms with Gasteiger partial charge in [0, 0.05) is 12.2 Å². The van der Waals surface area contributed by atoms with Crippen LogP contribution in [0.15, 0.2) is 12.3 Å². The maximum Gasteiger partial charge on any atom is 0.149 e. The molecular formula is C10H16ClN3. The Kier molecular flexibility index (Phi) is 4.01. The highest BCUT2D eigenvalue weighted by Gasteiger charge is 2.05. The SMILES string of the molecule is CCCC(C)Nc1ncc(Cl)cc1N. The maximum absolute atomic E-state index is 5.76. The standard InChI is InChI=1S/C10H16ClN3/c1-3-4-7(2)14-10-9(12)5-8(11)6-13-10/h5-7H,3-4,12H2,1-2H3,(H,13,14). The Hall–Kier alpha value is -0.960. The predicted molar refractivity (Wildman–Crippen MR) is 61.7 cm³/mol. The fraction of sp³-hybridized carbons (Fsp3) is 0.500. The summed E-state index contributed by atoms with van der Waals surface area (Å²) in [6, 6.07) is 2.09. The molecule has 1 atom stereocenters. The van der Waals surface area contributed by atoms with Crippen molar-refractivity contribution in [2.45, 2.75) is 32.7 Å². The molecule has 0 spiro atoms. The molecule has 3 nitrogen and oxygen atoms in total. The smallest absolute Gasteiger partial charge is 0.149 e. The van der Waals surface area contributed by atoms with Gasteiger partial charge in [0.15, 0.2) is 0 Å². The second-order valence-electron chi connectivity index (χ2n) is 3.43. The number of aromatic nitrogens is 1. The second kappa shape index (κ2) is 5.05. The zero-order valence-electron chi connectivity index (χ0n) is 8.55. The molecule has 0 saturated heterocycles. The lowest BCUT2D eigenvalue weighted by Gasteiger charge is -2.14. The van der Waals surface area contributed by atoms with Gasteiger partial charge in [-0.25, -0.2) is 4.98 Å². The lowest BCUT2D eigenvalue weighted by atomic mass is 10.2. The molecule has 0 aliphatic rings. The fourth-order valence-electron chi connectivity index (χ4n) is 1.31. The van der Waals surface area contributed by atoms with E-state index in [4.69, 9.17) is 17.3 Å². The van der Waals surface area contributed by atoms with Crippen LogP contribution >= 0.6 is 11.6 Å². The molecule has 0 aliphatic carbocycles. The van der Waals surface area contributed by atoms with Crippen molar-refractivity contribution in [1.82, 2.24) is 4.98 Å². The third-order valence-corrected chi connectivity index (χ3v) is 2.20. The molecule has 0 fully saturated rings. The quantitative estimate of drug-likeness (QED) is 0.809. The van der Waals surface area contributed by atoms with Crippen LogP contribution in [0.5, 0.6) is 0 Å². The highest BCUT2D eigenvalue weighted by atomic mass is 35.5. The van der Waals surface area contributed by atoms with Crippen molar-refractivity contribution in [2.75, 3.05) is 11.1 Å². The lowest BCUT2D eigenvalue weighted by molar-refractivity contribution is 0.688. The van der Waals surface area contributed by atoms with Gasteiger partial charge in [-0.3, -0.25) is 0 Å². The van der Waals surface area contributed by atoms with Gasteiger partial charge in [-0.1, -0.05) is 24.9 Å². The average Bonchev–Trinajstić information content (AvgIpc) is 2.10. The van der Waals surface area contributed by atoms with Gasteiger partial charge in [-0.05, 0) is 19.4 Å². The summed E-state index contributed by atoms with van der Waals surface area (Å²) in [5.74, 6) is 0.718. The predicted octanol–water partition coefficient (Wildman–Crippen LogP) is 2.92. The van der Waals surface area contributed by atoms with Crippen molar-refractivity contribution in [2.24, 2.45) is 0 Å². The van der Waals surface area contributed by atoms with E-state index in [1.54, 1.807) is 12.3 Å². The zero-order chi connectivity index (χ0) is 10.6. The fourth-order valence-corrected chi connectivity index (χ4v) is 1.48. The summed E-state index contributed by atoms with van der Waals surface area (Å²) < 4.78 is 0. The van der Waals surface area contributed by atoms with Crippen LogP contribution in [0.1, 0.15) is 26.7 Å². The Morgan fingerprint density at radius 2 is 2.36 bits per heavy atom. The van der Waals surface area contributed by atoms with E-state index in [-0.39, 0.29) is 0 Å². The molecule has 4 heteroatoms. The number of hydrogen-bond donors (Lipinski definition) is 2. The van der Waals surface area contributed by atoms with Gasteiger partial charge in [0.1, 0.15) is 5.82 Å². The molecule has 1 aromatic heterocycles. The molecule has 1 heterocycles. The van der Waals surface area contributed by atoms with E-state index < -0.39 is 0 Å². The van der Waals surface area contributed by atoms with Gasteiger partial charge in [-0.2, -0.15) is 0 Å². The number of nitrogen functional groups attached to an aromatic ring is 1. The molecule has 0 amide bonds. The van der Waals surface area contributed by atoms with Crippen LogP contribution in [0, 0.1) is 0 Å². The summed E-state index contributed by atoms with van der Waals surface area (Å²) in [6.07, 6.45) is 3.84. The third kappa shape index (κ3) is 3.07. The van der Waals surface area contributed by atoms with Crippen molar-refractivity contribution >= 4 is 23.1 Å². The van der Waals surface area contributed by atoms with E-state index in [0.29, 0.717) is 16.8 Å². The van der Waals surface area contributed by atoms with E-state index in [9.17, 15) is 0 Å². The van der Waals surface area contributed by atoms with Crippen LogP contribution in [0.25, 0.3) is 0 Å². The monoisotopic (exact) mass is 213 g/mol. The van der Waals surface area contributed by atoms with E-state index in [1.807, 2.05) is 0 Å². The molecule has 0 aliphatic heterocycles. The number of nitrogens with two attached hydrogens (primary N) is 1. The number of nitrogens with zero attached hydrogens (tertiary/aromatic N) is 1. The largest absolute Gasteiger partial charge is 0.396 e. The van der Waals surface area contributed by atoms with Gasteiger partial charge < -0.3 is 11.1 Å². The summed E-state index contributed by atoms with van der Waals surface area (Å²) in [5, 5.41) is 3.81. The van der Waals surface area contributed by atoms with Gasteiger partial charge in [0.25, 0.3) is 0 Å². The molecule has 1 unspecified atom stereocenters. The molecule has 1 rings (SSSR count). The summed E-state index contributed by atoms with van der Waals surface area (Å²) >= 11 is 5.74. The minimum Gasteiger partial charge on any atom is -0.396 e. The van der Waals surface area contributed by atoms with Crippen LogP contribution in [-0.4, -0.2) is 11.0 Å². The molecule has 0 aromatic carbocycles. The molecular weight excluding hydrogens is 198 g/mol. The van der Waals surface area contributed by atoms with Gasteiger partial charge in [0.05, 0.1) is 10.7 Å². The number of pyridine rings is 1. The Bertz CT molecular complexity index is 301. The summed E-state index contributed by atoms with van der Waals surface area (Å²) in [7, 11) is 0. The first-order chi connectivity index (χ1) is 6.63. The number of nitrogens with one attached hydrogen (secondary N) is 1. The molecule has 1 aromatic rings. The van der Waals surface area contributed by atoms with Crippen molar-refractivity contribution in [3.63, 3.8) is 0 Å². The van der Waals surface area contributed by atoms with Crippen molar-refractivity contribution in [3.05, 3.63) is 17.3 Å². The molecule has 0 radical (unpaired) electrons. The van der Waals surface area contributed by atoms with Crippen LogP contribution in [-0.2, 0) is 0 Å². The second-order valence-corrected chi connectivity index (χ2v) is 3.86. The van der Waals surface area contributed by atoms with Crippen molar-refractivity contribution in [1.29, 1.82) is 0 Å². The zero-order valence-corrected chi connectivity index (χ0v) is 9.30. The highest BCUT2D eigenvalue weighted by molar-refractivity contribution is 6.30. The average molecular weight is 214 g/mol. The van der Waals surface area contributed by atoms with E-state index in [0.717, 1.165) is 18.7 Å². The summed E-state index contributed by atoms with van der Waals surface area (Å²) in [5.41, 5.74) is 6.35. The highest BCUT2D eigenvalue weighted by Crippen LogP contribution is 2.20. The number of hydrogen-bond acceptors (Lipinski definition) is 3. The van der Waals surface area contributed by atoms with Gasteiger partial charge in [-0.15, -0.1) is 0 Å². The normalized spacial score (nSPS) is 12.5. The summed E-state index contributed by atoms with van der Waals surface area (Å²) in [6.45, 7) is 4.26. The van der Waals surface area contributed by atoms with Crippen LogP contribution in [0.2, 0.25) is 5.02 Å². The molecule has 0 saturated carbocycles. The molecule has 14 heavy (non-hydrogen) atoms. The number of halogens is 1. The third-order valence-electron chi connectivity index (χ3n) is 1.99. The van der Waals surface area contributed by atoms with E-state index in [2.05, 4.69) is 24.1 Å². The first kappa shape index (κ1) is 11.1. The van der Waals surface area contributed by atoms with Crippen LogP contribution < -0.4 is 11.1 Å². The molecule has 78 valence electrons. The van der Waals surface area contributed by atoms with E-state index in [1.165, 1.54) is 0 Å². The van der Waals surface area contributed by atoms with Crippen LogP contribution in [0.3, 0.4) is 0 Å². The Morgan fingerprint density at radius 3 is 2.93 bits per heavy atom. The molecule has 0 bridgehead atoms.